The summed E-state index contributed by atoms with van der Waals surface area (Å²) >= 11 is 1.45. The summed E-state index contributed by atoms with van der Waals surface area (Å²) in [5, 5.41) is 10.1. The van der Waals surface area contributed by atoms with Crippen molar-refractivity contribution in [2.45, 2.75) is 55.6 Å². The molecule has 2 N–H and O–H groups in total. The smallest absolute Gasteiger partial charge is 0.216 e. The van der Waals surface area contributed by atoms with Gasteiger partial charge in [0.1, 0.15) is 10.7 Å². The first-order chi connectivity index (χ1) is 12.4. The highest BCUT2D eigenvalue weighted by atomic mass is 32.2. The molecule has 0 aliphatic heterocycles. The topological polar surface area (TPSA) is 95.4 Å². The van der Waals surface area contributed by atoms with Crippen LogP contribution in [0.1, 0.15) is 44.3 Å². The third kappa shape index (κ3) is 3.05. The molecular weight excluding hydrogens is 346 g/mol. The van der Waals surface area contributed by atoms with Crippen molar-refractivity contribution in [3.8, 4) is 11.5 Å². The Kier molecular flexibility index (Phi) is 4.14. The highest BCUT2D eigenvalue weighted by Gasteiger charge is 2.26. The molecule has 0 aromatic carbocycles. The van der Waals surface area contributed by atoms with Gasteiger partial charge in [0.25, 0.3) is 0 Å². The van der Waals surface area contributed by atoms with E-state index in [4.69, 9.17) is 15.8 Å². The molecule has 0 spiro atoms. The van der Waals surface area contributed by atoms with Crippen LogP contribution >= 0.6 is 11.8 Å². The number of nitrogen functional groups attached to an aromatic ring is 1. The van der Waals surface area contributed by atoms with Gasteiger partial charge in [-0.25, -0.2) is 14.6 Å². The van der Waals surface area contributed by atoms with Crippen molar-refractivity contribution in [3.05, 3.63) is 41.5 Å². The molecule has 3 aromatic rings. The minimum atomic E-state index is -0.173. The van der Waals surface area contributed by atoms with Gasteiger partial charge in [-0.05, 0) is 43.2 Å². The number of pyridine rings is 1. The van der Waals surface area contributed by atoms with Crippen molar-refractivity contribution in [1.29, 1.82) is 0 Å². The van der Waals surface area contributed by atoms with Gasteiger partial charge in [-0.2, -0.15) is 0 Å². The van der Waals surface area contributed by atoms with Gasteiger partial charge >= 0.3 is 0 Å². The number of nitrogens with two attached hydrogens (primary N) is 1. The van der Waals surface area contributed by atoms with E-state index in [1.54, 1.807) is 10.9 Å². The highest BCUT2D eigenvalue weighted by molar-refractivity contribution is 7.99. The molecular formula is C18H21N7S. The first-order valence-electron chi connectivity index (χ1n) is 8.63. The fraction of sp³-hybridized carbons (Fsp3) is 0.389. The molecule has 1 aliphatic carbocycles. The lowest BCUT2D eigenvalue weighted by atomic mass is 9.96. The van der Waals surface area contributed by atoms with Gasteiger partial charge in [0.2, 0.25) is 5.16 Å². The van der Waals surface area contributed by atoms with Gasteiger partial charge in [0.05, 0.1) is 0 Å². The number of aryl methyl sites for hydroxylation is 1. The maximum atomic E-state index is 6.25. The molecule has 1 aliphatic rings. The number of aromatic nitrogens is 6. The normalized spacial score (nSPS) is 13.8. The number of nitrogens with zero attached hydrogens (tertiary/aromatic N) is 6. The maximum Gasteiger partial charge on any atom is 0.216 e. The number of rotatable bonds is 3. The summed E-state index contributed by atoms with van der Waals surface area (Å²) in [6.45, 7) is 6.20. The van der Waals surface area contributed by atoms with E-state index < -0.39 is 0 Å². The predicted molar refractivity (Wildman–Crippen MR) is 100 cm³/mol. The molecule has 0 amide bonds. The quantitative estimate of drug-likeness (QED) is 0.562. The van der Waals surface area contributed by atoms with Crippen LogP contribution in [-0.2, 0) is 18.3 Å². The molecule has 3 heterocycles. The summed E-state index contributed by atoms with van der Waals surface area (Å²) in [5.41, 5.74) is 2.89. The second-order valence-electron chi connectivity index (χ2n) is 7.37. The molecule has 4 rings (SSSR count). The Balaban J connectivity index is 1.75. The first kappa shape index (κ1) is 17.0. The van der Waals surface area contributed by atoms with E-state index in [-0.39, 0.29) is 5.41 Å². The molecule has 0 unspecified atom stereocenters. The van der Waals surface area contributed by atoms with Crippen LogP contribution in [0.3, 0.4) is 0 Å². The van der Waals surface area contributed by atoms with E-state index >= 15 is 0 Å². The molecule has 0 bridgehead atoms. The number of hydrogen-bond acceptors (Lipinski definition) is 7. The SMILES string of the molecule is CC(C)(C)c1nnc(Sc2nc(-c3ccccn3)nc3c2CCC3)n1N. The van der Waals surface area contributed by atoms with E-state index in [9.17, 15) is 0 Å². The van der Waals surface area contributed by atoms with E-state index in [0.29, 0.717) is 11.0 Å². The summed E-state index contributed by atoms with van der Waals surface area (Å²) < 4.78 is 1.56. The van der Waals surface area contributed by atoms with Crippen LogP contribution in [0.2, 0.25) is 0 Å². The van der Waals surface area contributed by atoms with Gasteiger partial charge in [0.15, 0.2) is 11.6 Å². The number of fused-ring (bicyclic) bond motifs is 1. The van der Waals surface area contributed by atoms with Gasteiger partial charge in [-0.1, -0.05) is 26.8 Å². The Labute approximate surface area is 156 Å². The molecule has 0 radical (unpaired) electrons. The van der Waals surface area contributed by atoms with Crippen molar-refractivity contribution >= 4 is 11.8 Å². The van der Waals surface area contributed by atoms with Crippen LogP contribution in [0.15, 0.2) is 34.6 Å². The summed E-state index contributed by atoms with van der Waals surface area (Å²) in [6, 6.07) is 5.75. The van der Waals surface area contributed by atoms with Crippen LogP contribution in [-0.4, -0.2) is 29.8 Å². The van der Waals surface area contributed by atoms with Crippen LogP contribution in [0.25, 0.3) is 11.5 Å². The molecule has 3 aromatic heterocycles. The van der Waals surface area contributed by atoms with Gasteiger partial charge < -0.3 is 5.84 Å². The minimum Gasteiger partial charge on any atom is -0.336 e. The lowest BCUT2D eigenvalue weighted by molar-refractivity contribution is 0.523. The van der Waals surface area contributed by atoms with Gasteiger partial charge in [0, 0.05) is 22.9 Å². The molecule has 0 fully saturated rings. The van der Waals surface area contributed by atoms with E-state index in [1.807, 2.05) is 18.2 Å². The summed E-state index contributed by atoms with van der Waals surface area (Å²) in [5.74, 6) is 7.64. The van der Waals surface area contributed by atoms with E-state index in [2.05, 4.69) is 36.0 Å². The Bertz CT molecular complexity index is 944. The predicted octanol–water partition coefficient (Wildman–Crippen LogP) is 2.78. The fourth-order valence-electron chi connectivity index (χ4n) is 3.04. The van der Waals surface area contributed by atoms with Crippen molar-refractivity contribution in [2.24, 2.45) is 0 Å². The molecule has 134 valence electrons. The fourth-order valence-corrected chi connectivity index (χ4v) is 3.95. The summed E-state index contributed by atoms with van der Waals surface area (Å²) in [7, 11) is 0. The maximum absolute atomic E-state index is 6.25. The van der Waals surface area contributed by atoms with Gasteiger partial charge in [-0.15, -0.1) is 10.2 Å². The molecule has 0 saturated heterocycles. The zero-order chi connectivity index (χ0) is 18.3. The lowest BCUT2D eigenvalue weighted by Crippen LogP contribution is -2.24. The zero-order valence-electron chi connectivity index (χ0n) is 15.1. The van der Waals surface area contributed by atoms with Crippen molar-refractivity contribution in [3.63, 3.8) is 0 Å². The molecule has 7 nitrogen and oxygen atoms in total. The third-order valence-corrected chi connectivity index (χ3v) is 5.30. The summed E-state index contributed by atoms with van der Waals surface area (Å²) in [6.07, 6.45) is 4.79. The van der Waals surface area contributed by atoms with Crippen LogP contribution in [0.4, 0.5) is 0 Å². The average Bonchev–Trinajstić information content (AvgIpc) is 3.22. The molecule has 0 atom stereocenters. The monoisotopic (exact) mass is 367 g/mol. The van der Waals surface area contributed by atoms with Crippen LogP contribution in [0.5, 0.6) is 0 Å². The standard InChI is InChI=1S/C18H21N7S/c1-18(2,3)16-23-24-17(25(16)19)26-15-11-7-6-9-12(11)21-14(22-15)13-8-4-5-10-20-13/h4-5,8,10H,6-7,9,19H2,1-3H3. The first-order valence-corrected chi connectivity index (χ1v) is 9.45. The number of hydrogen-bond donors (Lipinski definition) is 1. The lowest BCUT2D eigenvalue weighted by Gasteiger charge is -2.16. The molecule has 8 heteroatoms. The molecule has 0 saturated carbocycles. The molecule has 26 heavy (non-hydrogen) atoms. The van der Waals surface area contributed by atoms with Crippen molar-refractivity contribution in [2.75, 3.05) is 5.84 Å². The zero-order valence-corrected chi connectivity index (χ0v) is 15.9. The van der Waals surface area contributed by atoms with Crippen LogP contribution in [0, 0.1) is 0 Å². The Morgan fingerprint density at radius 1 is 1.12 bits per heavy atom. The van der Waals surface area contributed by atoms with Crippen molar-refractivity contribution in [1.82, 2.24) is 29.8 Å². The minimum absolute atomic E-state index is 0.173. The van der Waals surface area contributed by atoms with E-state index in [1.165, 1.54) is 17.3 Å². The second kappa shape index (κ2) is 6.35. The van der Waals surface area contributed by atoms with Crippen LogP contribution < -0.4 is 5.84 Å². The Morgan fingerprint density at radius 3 is 2.65 bits per heavy atom. The van der Waals surface area contributed by atoms with E-state index in [0.717, 1.165) is 41.5 Å². The van der Waals surface area contributed by atoms with Gasteiger partial charge in [-0.3, -0.25) is 4.98 Å². The highest BCUT2D eigenvalue weighted by Crippen LogP contribution is 2.35. The van der Waals surface area contributed by atoms with Crippen molar-refractivity contribution < 1.29 is 0 Å². The Morgan fingerprint density at radius 2 is 1.96 bits per heavy atom. The average molecular weight is 367 g/mol. The Hall–Kier alpha value is -2.48. The third-order valence-electron chi connectivity index (χ3n) is 4.31. The second-order valence-corrected chi connectivity index (χ2v) is 8.33. The largest absolute Gasteiger partial charge is 0.336 e. The summed E-state index contributed by atoms with van der Waals surface area (Å²) in [4.78, 5) is 13.9.